The van der Waals surface area contributed by atoms with Crippen LogP contribution in [0.3, 0.4) is 0 Å². The Balaban J connectivity index is 1.50. The van der Waals surface area contributed by atoms with Crippen LogP contribution >= 0.6 is 0 Å². The molecule has 4 nitrogen and oxygen atoms in total. The summed E-state index contributed by atoms with van der Waals surface area (Å²) in [4.78, 5) is 24.7. The number of carbonyl (C=O) groups is 1. The first-order valence-electron chi connectivity index (χ1n) is 10.2. The number of nitrogens with zero attached hydrogens (tertiary/aromatic N) is 3. The van der Waals surface area contributed by atoms with Crippen molar-refractivity contribution in [3.63, 3.8) is 0 Å². The lowest BCUT2D eigenvalue weighted by Crippen LogP contribution is -2.38. The standard InChI is InChI=1S/C24H27N3O/c1-17(2)24-25-13-12-20(26-24)16-27-14-6-9-19(15-27)23(28)22-11-5-8-18-7-3-4-10-21(18)22/h3-5,7-8,10-13,17,19H,6,9,14-16H2,1-2H3. The smallest absolute Gasteiger partial charge is 0.167 e. The quantitative estimate of drug-likeness (QED) is 0.600. The van der Waals surface area contributed by atoms with Crippen LogP contribution in [0, 0.1) is 5.92 Å². The molecule has 4 rings (SSSR count). The molecule has 1 aromatic heterocycles. The summed E-state index contributed by atoms with van der Waals surface area (Å²) in [6.45, 7) is 6.81. The number of Topliss-reactive ketones (excluding diaryl/α,β-unsaturated/α-hetero) is 1. The van der Waals surface area contributed by atoms with Gasteiger partial charge in [-0.05, 0) is 36.2 Å². The van der Waals surface area contributed by atoms with Gasteiger partial charge in [-0.15, -0.1) is 0 Å². The molecule has 1 saturated heterocycles. The first kappa shape index (κ1) is 18.8. The van der Waals surface area contributed by atoms with E-state index in [0.717, 1.165) is 60.3 Å². The van der Waals surface area contributed by atoms with E-state index in [4.69, 9.17) is 4.98 Å². The third-order valence-corrected chi connectivity index (χ3v) is 5.57. The summed E-state index contributed by atoms with van der Waals surface area (Å²) in [7, 11) is 0. The fraction of sp³-hybridized carbons (Fsp3) is 0.375. The molecule has 0 spiro atoms. The zero-order valence-corrected chi connectivity index (χ0v) is 16.6. The van der Waals surface area contributed by atoms with Crippen molar-refractivity contribution in [1.82, 2.24) is 14.9 Å². The Kier molecular flexibility index (Phi) is 5.49. The van der Waals surface area contributed by atoms with E-state index in [0.29, 0.717) is 5.92 Å². The Labute approximate surface area is 166 Å². The van der Waals surface area contributed by atoms with Gasteiger partial charge in [0.05, 0.1) is 5.69 Å². The van der Waals surface area contributed by atoms with E-state index in [2.05, 4.69) is 41.9 Å². The van der Waals surface area contributed by atoms with Crippen molar-refractivity contribution in [1.29, 1.82) is 0 Å². The summed E-state index contributed by atoms with van der Waals surface area (Å²) in [6, 6.07) is 16.2. The van der Waals surface area contributed by atoms with Crippen molar-refractivity contribution in [2.24, 2.45) is 5.92 Å². The number of likely N-dealkylation sites (tertiary alicyclic amines) is 1. The molecule has 0 saturated carbocycles. The normalized spacial score (nSPS) is 17.9. The summed E-state index contributed by atoms with van der Waals surface area (Å²) in [5.74, 6) is 1.53. The number of ketones is 1. The van der Waals surface area contributed by atoms with Crippen molar-refractivity contribution < 1.29 is 4.79 Å². The van der Waals surface area contributed by atoms with Gasteiger partial charge in [0.15, 0.2) is 5.78 Å². The van der Waals surface area contributed by atoms with E-state index in [1.807, 2.05) is 36.5 Å². The maximum atomic E-state index is 13.3. The van der Waals surface area contributed by atoms with Gasteiger partial charge in [0, 0.05) is 36.7 Å². The highest BCUT2D eigenvalue weighted by atomic mass is 16.1. The Morgan fingerprint density at radius 1 is 1.14 bits per heavy atom. The molecule has 0 radical (unpaired) electrons. The van der Waals surface area contributed by atoms with E-state index in [9.17, 15) is 4.79 Å². The molecule has 144 valence electrons. The van der Waals surface area contributed by atoms with Gasteiger partial charge >= 0.3 is 0 Å². The van der Waals surface area contributed by atoms with Crippen LogP contribution in [0.4, 0.5) is 0 Å². The summed E-state index contributed by atoms with van der Waals surface area (Å²) in [5.41, 5.74) is 1.89. The molecule has 0 N–H and O–H groups in total. The second-order valence-corrected chi connectivity index (χ2v) is 8.03. The van der Waals surface area contributed by atoms with E-state index < -0.39 is 0 Å². The van der Waals surface area contributed by atoms with Crippen LogP contribution in [0.5, 0.6) is 0 Å². The molecule has 1 atom stereocenters. The second-order valence-electron chi connectivity index (χ2n) is 8.03. The molecular formula is C24H27N3O. The van der Waals surface area contributed by atoms with E-state index in [1.165, 1.54) is 0 Å². The maximum Gasteiger partial charge on any atom is 0.167 e. The summed E-state index contributed by atoms with van der Waals surface area (Å²) < 4.78 is 0. The Morgan fingerprint density at radius 3 is 2.82 bits per heavy atom. The van der Waals surface area contributed by atoms with Crippen LogP contribution in [-0.2, 0) is 6.54 Å². The third-order valence-electron chi connectivity index (χ3n) is 5.57. The topological polar surface area (TPSA) is 46.1 Å². The highest BCUT2D eigenvalue weighted by molar-refractivity contribution is 6.09. The Bertz CT molecular complexity index is 977. The lowest BCUT2D eigenvalue weighted by atomic mass is 9.88. The molecular weight excluding hydrogens is 346 g/mol. The minimum atomic E-state index is 0.0472. The zero-order valence-electron chi connectivity index (χ0n) is 16.6. The number of fused-ring (bicyclic) bond motifs is 1. The van der Waals surface area contributed by atoms with Gasteiger partial charge in [0.25, 0.3) is 0 Å². The third kappa shape index (κ3) is 3.97. The van der Waals surface area contributed by atoms with Crippen molar-refractivity contribution in [2.75, 3.05) is 13.1 Å². The van der Waals surface area contributed by atoms with Crippen molar-refractivity contribution in [3.8, 4) is 0 Å². The first-order chi connectivity index (χ1) is 13.6. The SMILES string of the molecule is CC(C)c1nccc(CN2CCCC(C(=O)c3cccc4ccccc34)C2)n1. The molecule has 0 aliphatic carbocycles. The summed E-state index contributed by atoms with van der Waals surface area (Å²) in [5, 5.41) is 2.19. The molecule has 0 amide bonds. The predicted octanol–water partition coefficient (Wildman–Crippen LogP) is 4.85. The molecule has 0 bridgehead atoms. The van der Waals surface area contributed by atoms with Crippen LogP contribution in [0.25, 0.3) is 10.8 Å². The minimum absolute atomic E-state index is 0.0472. The molecule has 1 aliphatic rings. The minimum Gasteiger partial charge on any atom is -0.297 e. The first-order valence-corrected chi connectivity index (χ1v) is 10.2. The van der Waals surface area contributed by atoms with Crippen LogP contribution in [0.2, 0.25) is 0 Å². The van der Waals surface area contributed by atoms with Gasteiger partial charge in [-0.2, -0.15) is 0 Å². The molecule has 1 aliphatic heterocycles. The van der Waals surface area contributed by atoms with E-state index in [1.54, 1.807) is 0 Å². The average Bonchev–Trinajstić information content (AvgIpc) is 2.73. The molecule has 3 aromatic rings. The predicted molar refractivity (Wildman–Crippen MR) is 112 cm³/mol. The van der Waals surface area contributed by atoms with Gasteiger partial charge < -0.3 is 0 Å². The molecule has 1 fully saturated rings. The lowest BCUT2D eigenvalue weighted by molar-refractivity contribution is 0.0811. The highest BCUT2D eigenvalue weighted by Crippen LogP contribution is 2.26. The van der Waals surface area contributed by atoms with E-state index >= 15 is 0 Å². The number of hydrogen-bond acceptors (Lipinski definition) is 4. The molecule has 2 heterocycles. The van der Waals surface area contributed by atoms with Gasteiger partial charge in [-0.3, -0.25) is 9.69 Å². The number of piperidine rings is 1. The second kappa shape index (κ2) is 8.19. The average molecular weight is 374 g/mol. The van der Waals surface area contributed by atoms with Gasteiger partial charge in [-0.25, -0.2) is 9.97 Å². The Morgan fingerprint density at radius 2 is 1.96 bits per heavy atom. The Hall–Kier alpha value is -2.59. The van der Waals surface area contributed by atoms with Gasteiger partial charge in [0.1, 0.15) is 5.82 Å². The fourth-order valence-corrected chi connectivity index (χ4v) is 4.08. The number of hydrogen-bond donors (Lipinski definition) is 0. The molecule has 4 heteroatoms. The number of rotatable bonds is 5. The van der Waals surface area contributed by atoms with Crippen molar-refractivity contribution >= 4 is 16.6 Å². The maximum absolute atomic E-state index is 13.3. The van der Waals surface area contributed by atoms with Crippen molar-refractivity contribution in [2.45, 2.75) is 39.2 Å². The summed E-state index contributed by atoms with van der Waals surface area (Å²) in [6.07, 6.45) is 3.85. The van der Waals surface area contributed by atoms with Gasteiger partial charge in [0.2, 0.25) is 0 Å². The molecule has 2 aromatic carbocycles. The van der Waals surface area contributed by atoms with Crippen LogP contribution < -0.4 is 0 Å². The molecule has 28 heavy (non-hydrogen) atoms. The zero-order chi connectivity index (χ0) is 19.5. The van der Waals surface area contributed by atoms with Crippen LogP contribution in [0.15, 0.2) is 54.7 Å². The lowest BCUT2D eigenvalue weighted by Gasteiger charge is -2.32. The summed E-state index contributed by atoms with van der Waals surface area (Å²) >= 11 is 0. The monoisotopic (exact) mass is 373 g/mol. The number of benzene rings is 2. The van der Waals surface area contributed by atoms with Crippen LogP contribution in [-0.4, -0.2) is 33.7 Å². The number of aromatic nitrogens is 2. The van der Waals surface area contributed by atoms with Gasteiger partial charge in [-0.1, -0.05) is 56.3 Å². The fourth-order valence-electron chi connectivity index (χ4n) is 4.08. The largest absolute Gasteiger partial charge is 0.297 e. The van der Waals surface area contributed by atoms with E-state index in [-0.39, 0.29) is 11.7 Å². The van der Waals surface area contributed by atoms with Crippen molar-refractivity contribution in [3.05, 3.63) is 71.8 Å². The highest BCUT2D eigenvalue weighted by Gasteiger charge is 2.27. The number of carbonyl (C=O) groups excluding carboxylic acids is 1. The van der Waals surface area contributed by atoms with Crippen LogP contribution in [0.1, 0.15) is 54.5 Å². The molecule has 1 unspecified atom stereocenters.